The van der Waals surface area contributed by atoms with Gasteiger partial charge < -0.3 is 20.9 Å². The predicted octanol–water partition coefficient (Wildman–Crippen LogP) is 5.34. The van der Waals surface area contributed by atoms with Gasteiger partial charge in [-0.2, -0.15) is 0 Å². The highest BCUT2D eigenvalue weighted by atomic mass is 16.1. The number of rotatable bonds is 8. The van der Waals surface area contributed by atoms with Crippen LogP contribution in [0.25, 0.3) is 27.7 Å². The van der Waals surface area contributed by atoms with Crippen molar-refractivity contribution in [3.63, 3.8) is 0 Å². The molecule has 4 aromatic rings. The predicted molar refractivity (Wildman–Crippen MR) is 174 cm³/mol. The van der Waals surface area contributed by atoms with Crippen LogP contribution in [0.15, 0.2) is 88.8 Å². The van der Waals surface area contributed by atoms with Crippen molar-refractivity contribution in [2.75, 3.05) is 31.5 Å². The van der Waals surface area contributed by atoms with Crippen LogP contribution in [0, 0.1) is 5.92 Å². The lowest BCUT2D eigenvalue weighted by Crippen LogP contribution is -2.31. The maximum atomic E-state index is 12.7. The molecule has 4 N–H and O–H groups in total. The molecule has 0 saturated carbocycles. The number of allylic oxidation sites excluding steroid dienone is 3. The van der Waals surface area contributed by atoms with Crippen molar-refractivity contribution >= 4 is 40.5 Å². The number of aliphatic imine (C=N–C) groups is 2. The molecule has 1 saturated heterocycles. The number of benzene rings is 1. The minimum atomic E-state index is 0.0314. The summed E-state index contributed by atoms with van der Waals surface area (Å²) in [6.07, 6.45) is 7.95. The molecule has 0 aliphatic carbocycles. The summed E-state index contributed by atoms with van der Waals surface area (Å²) >= 11 is 0. The number of aromatic amines is 1. The third-order valence-electron chi connectivity index (χ3n) is 7.84. The lowest BCUT2D eigenvalue weighted by atomic mass is 9.94. The molecule has 2 aliphatic rings. The van der Waals surface area contributed by atoms with Gasteiger partial charge in [-0.15, -0.1) is 0 Å². The molecule has 1 aromatic carbocycles. The van der Waals surface area contributed by atoms with Crippen molar-refractivity contribution in [2.45, 2.75) is 26.2 Å². The van der Waals surface area contributed by atoms with Gasteiger partial charge in [0.05, 0.1) is 29.3 Å². The Hall–Kier alpha value is -4.89. The number of pyridine rings is 2. The van der Waals surface area contributed by atoms with Crippen LogP contribution in [-0.2, 0) is 4.79 Å². The zero-order chi connectivity index (χ0) is 29.6. The minimum absolute atomic E-state index is 0.0314. The molecule has 2 aliphatic heterocycles. The third-order valence-corrected chi connectivity index (χ3v) is 7.84. The first-order chi connectivity index (χ1) is 21.1. The van der Waals surface area contributed by atoms with Gasteiger partial charge in [0, 0.05) is 53.1 Å². The molecule has 0 radical (unpaired) electrons. The molecule has 6 rings (SSSR count). The monoisotopic (exact) mass is 572 g/mol. The second kappa shape index (κ2) is 13.0. The summed E-state index contributed by atoms with van der Waals surface area (Å²) in [5.74, 6) is 0.448. The van der Waals surface area contributed by atoms with E-state index in [1.54, 1.807) is 6.20 Å². The van der Waals surface area contributed by atoms with Gasteiger partial charge in [-0.3, -0.25) is 19.8 Å². The SMILES string of the molecule is C=N/C=C(\C=C(/C)NC(=O)CC1CCNCC1)c1ccc2c(n1)C(c1cc3c(-c4ccccn4)cccc3[nH]1)=NCCN2. The van der Waals surface area contributed by atoms with Gasteiger partial charge in [-0.05, 0) is 88.0 Å². The molecule has 0 atom stereocenters. The molecule has 0 bridgehead atoms. The van der Waals surface area contributed by atoms with Crippen LogP contribution in [0.2, 0.25) is 0 Å². The fourth-order valence-corrected chi connectivity index (χ4v) is 5.78. The van der Waals surface area contributed by atoms with E-state index in [-0.39, 0.29) is 5.91 Å². The van der Waals surface area contributed by atoms with Crippen LogP contribution < -0.4 is 16.0 Å². The number of aromatic nitrogens is 3. The van der Waals surface area contributed by atoms with Gasteiger partial charge in [0.2, 0.25) is 5.91 Å². The van der Waals surface area contributed by atoms with E-state index in [2.05, 4.69) is 55.8 Å². The number of anilines is 1. The van der Waals surface area contributed by atoms with Crippen LogP contribution in [-0.4, -0.2) is 59.5 Å². The second-order valence-corrected chi connectivity index (χ2v) is 11.0. The van der Waals surface area contributed by atoms with E-state index in [1.165, 1.54) is 0 Å². The van der Waals surface area contributed by atoms with Gasteiger partial charge in [-0.25, -0.2) is 4.98 Å². The first-order valence-corrected chi connectivity index (χ1v) is 14.8. The van der Waals surface area contributed by atoms with Crippen LogP contribution in [0.1, 0.15) is 43.3 Å². The van der Waals surface area contributed by atoms with E-state index in [0.29, 0.717) is 31.1 Å². The lowest BCUT2D eigenvalue weighted by Gasteiger charge is -2.22. The molecule has 5 heterocycles. The standard InChI is InChI=1S/C34H36N8O/c1-22(40-32(43)19-23-11-14-36-15-12-23)18-24(21-35-2)27-9-10-30-34(42-27)33(39-17-16-38-30)31-20-26-25(6-5-8-29(26)41-31)28-7-3-4-13-37-28/h3-10,13,18,20-21,23,36,38,41H,2,11-12,14-17,19H2,1H3,(H,40,43)/b22-18+,24-21+. The number of hydrogen-bond donors (Lipinski definition) is 4. The Bertz CT molecular complexity index is 1730. The van der Waals surface area contributed by atoms with Gasteiger partial charge in [0.1, 0.15) is 11.4 Å². The van der Waals surface area contributed by atoms with Gasteiger partial charge in [0.15, 0.2) is 0 Å². The number of fused-ring (bicyclic) bond motifs is 2. The average molecular weight is 573 g/mol. The van der Waals surface area contributed by atoms with Crippen LogP contribution in [0.4, 0.5) is 5.69 Å². The summed E-state index contributed by atoms with van der Waals surface area (Å²) in [6.45, 7) is 8.82. The van der Waals surface area contributed by atoms with E-state index >= 15 is 0 Å². The van der Waals surface area contributed by atoms with Crippen molar-refractivity contribution in [3.8, 4) is 11.3 Å². The van der Waals surface area contributed by atoms with Crippen LogP contribution >= 0.6 is 0 Å². The average Bonchev–Trinajstić information content (AvgIpc) is 3.35. The zero-order valence-corrected chi connectivity index (χ0v) is 24.4. The fourth-order valence-electron chi connectivity index (χ4n) is 5.78. The summed E-state index contributed by atoms with van der Waals surface area (Å²) in [4.78, 5) is 35.0. The highest BCUT2D eigenvalue weighted by Crippen LogP contribution is 2.31. The van der Waals surface area contributed by atoms with E-state index in [0.717, 1.165) is 82.1 Å². The number of hydrogen-bond acceptors (Lipinski definition) is 7. The summed E-state index contributed by atoms with van der Waals surface area (Å²) in [5.41, 5.74) is 8.49. The minimum Gasteiger partial charge on any atom is -0.381 e. The quantitative estimate of drug-likeness (QED) is 0.168. The Kier molecular flexibility index (Phi) is 8.51. The molecule has 43 heavy (non-hydrogen) atoms. The molecule has 0 spiro atoms. The summed E-state index contributed by atoms with van der Waals surface area (Å²) in [6, 6.07) is 18.2. The topological polar surface area (TPSA) is 119 Å². The molecule has 3 aromatic heterocycles. The number of H-pyrrole nitrogens is 1. The van der Waals surface area contributed by atoms with Crippen molar-refractivity contribution in [1.29, 1.82) is 0 Å². The largest absolute Gasteiger partial charge is 0.381 e. The highest BCUT2D eigenvalue weighted by Gasteiger charge is 2.21. The first kappa shape index (κ1) is 28.2. The van der Waals surface area contributed by atoms with Crippen molar-refractivity contribution in [3.05, 3.63) is 95.8 Å². The molecule has 9 nitrogen and oxygen atoms in total. The summed E-state index contributed by atoms with van der Waals surface area (Å²) in [5, 5.41) is 10.9. The molecule has 9 heteroatoms. The maximum absolute atomic E-state index is 12.7. The molecule has 1 fully saturated rings. The zero-order valence-electron chi connectivity index (χ0n) is 24.4. The van der Waals surface area contributed by atoms with Crippen molar-refractivity contribution < 1.29 is 4.79 Å². The third kappa shape index (κ3) is 6.47. The van der Waals surface area contributed by atoms with Gasteiger partial charge in [-0.1, -0.05) is 18.2 Å². The highest BCUT2D eigenvalue weighted by molar-refractivity contribution is 6.16. The Morgan fingerprint density at radius 3 is 2.81 bits per heavy atom. The fraction of sp³-hybridized carbons (Fsp3) is 0.265. The van der Waals surface area contributed by atoms with E-state index in [9.17, 15) is 4.79 Å². The number of piperidine rings is 1. The van der Waals surface area contributed by atoms with Gasteiger partial charge in [0.25, 0.3) is 0 Å². The Balaban J connectivity index is 1.31. The molecule has 218 valence electrons. The molecular formula is C34H36N8O. The lowest BCUT2D eigenvalue weighted by molar-refractivity contribution is -0.121. The number of nitrogens with one attached hydrogen (secondary N) is 4. The van der Waals surface area contributed by atoms with Crippen molar-refractivity contribution in [1.82, 2.24) is 25.6 Å². The van der Waals surface area contributed by atoms with E-state index < -0.39 is 0 Å². The van der Waals surface area contributed by atoms with Gasteiger partial charge >= 0.3 is 0 Å². The second-order valence-electron chi connectivity index (χ2n) is 11.0. The number of nitrogens with zero attached hydrogens (tertiary/aromatic N) is 4. The normalized spacial score (nSPS) is 16.2. The number of carbonyl (C=O) groups excluding carboxylic acids is 1. The molecule has 0 unspecified atom stereocenters. The van der Waals surface area contributed by atoms with E-state index in [1.807, 2.05) is 55.6 Å². The van der Waals surface area contributed by atoms with Crippen LogP contribution in [0.5, 0.6) is 0 Å². The molecule has 1 amide bonds. The smallest absolute Gasteiger partial charge is 0.224 e. The first-order valence-electron chi connectivity index (χ1n) is 14.8. The Morgan fingerprint density at radius 1 is 1.12 bits per heavy atom. The van der Waals surface area contributed by atoms with Crippen molar-refractivity contribution in [2.24, 2.45) is 15.9 Å². The number of amides is 1. The molecular weight excluding hydrogens is 536 g/mol. The van der Waals surface area contributed by atoms with E-state index in [4.69, 9.17) is 9.98 Å². The summed E-state index contributed by atoms with van der Waals surface area (Å²) in [7, 11) is 0. The number of carbonyl (C=O) groups is 1. The van der Waals surface area contributed by atoms with Crippen LogP contribution in [0.3, 0.4) is 0 Å². The Labute approximate surface area is 251 Å². The Morgan fingerprint density at radius 2 is 2.00 bits per heavy atom. The summed E-state index contributed by atoms with van der Waals surface area (Å²) < 4.78 is 0. The maximum Gasteiger partial charge on any atom is 0.224 e.